The lowest BCUT2D eigenvalue weighted by atomic mass is 10.1. The number of aromatic nitrogens is 2. The fourth-order valence-corrected chi connectivity index (χ4v) is 3.89. The third kappa shape index (κ3) is 3.49. The Kier molecular flexibility index (Phi) is 4.99. The zero-order valence-electron chi connectivity index (χ0n) is 15.6. The van der Waals surface area contributed by atoms with E-state index >= 15 is 0 Å². The monoisotopic (exact) mass is 378 g/mol. The molecule has 0 radical (unpaired) electrons. The molecule has 6 heteroatoms. The van der Waals surface area contributed by atoms with Gasteiger partial charge in [-0.05, 0) is 42.5 Å². The van der Waals surface area contributed by atoms with Gasteiger partial charge in [0.15, 0.2) is 11.6 Å². The molecule has 27 heavy (non-hydrogen) atoms. The normalized spacial score (nSPS) is 14.1. The molecule has 1 amide bonds. The van der Waals surface area contributed by atoms with Crippen LogP contribution in [0.15, 0.2) is 48.5 Å². The van der Waals surface area contributed by atoms with E-state index in [2.05, 4.69) is 11.2 Å². The molecule has 0 atom stereocenters. The lowest BCUT2D eigenvalue weighted by Gasteiger charge is -2.23. The van der Waals surface area contributed by atoms with Gasteiger partial charge in [0, 0.05) is 31.5 Å². The standard InChI is InChI=1S/C21H22N4OS/c1-24-12-5-13-25(21(26)16-10-8-15(9-11-16)14-27-2)20-19(24)22-17-6-3-4-7-18(17)23-20/h3-4,6-11H,5,12-14H2,1-2H3. The number of fused-ring (bicyclic) bond motifs is 2. The van der Waals surface area contributed by atoms with E-state index in [0.29, 0.717) is 17.9 Å². The highest BCUT2D eigenvalue weighted by Gasteiger charge is 2.27. The number of hydrogen-bond donors (Lipinski definition) is 0. The number of amides is 1. The van der Waals surface area contributed by atoms with Crippen molar-refractivity contribution in [1.29, 1.82) is 0 Å². The van der Waals surface area contributed by atoms with Crippen LogP contribution in [0.4, 0.5) is 11.6 Å². The summed E-state index contributed by atoms with van der Waals surface area (Å²) in [5.41, 5.74) is 3.56. The second-order valence-corrected chi connectivity index (χ2v) is 7.59. The lowest BCUT2D eigenvalue weighted by Crippen LogP contribution is -2.32. The number of thioether (sulfide) groups is 1. The molecule has 0 spiro atoms. The Bertz CT molecular complexity index is 974. The summed E-state index contributed by atoms with van der Waals surface area (Å²) in [4.78, 5) is 26.7. The summed E-state index contributed by atoms with van der Waals surface area (Å²) in [6.07, 6.45) is 2.95. The summed E-state index contributed by atoms with van der Waals surface area (Å²) >= 11 is 1.77. The van der Waals surface area contributed by atoms with Gasteiger partial charge in [-0.1, -0.05) is 24.3 Å². The fourth-order valence-electron chi connectivity index (χ4n) is 3.36. The van der Waals surface area contributed by atoms with Crippen molar-refractivity contribution in [3.8, 4) is 0 Å². The van der Waals surface area contributed by atoms with E-state index < -0.39 is 0 Å². The van der Waals surface area contributed by atoms with Crippen LogP contribution < -0.4 is 9.80 Å². The van der Waals surface area contributed by atoms with Gasteiger partial charge in [0.05, 0.1) is 11.0 Å². The molecule has 138 valence electrons. The molecular formula is C21H22N4OS. The second-order valence-electron chi connectivity index (χ2n) is 6.72. The van der Waals surface area contributed by atoms with Gasteiger partial charge in [0.1, 0.15) is 0 Å². The zero-order chi connectivity index (χ0) is 18.8. The summed E-state index contributed by atoms with van der Waals surface area (Å²) in [6.45, 7) is 1.48. The van der Waals surface area contributed by atoms with E-state index in [9.17, 15) is 4.79 Å². The fraction of sp³-hybridized carbons (Fsp3) is 0.286. The minimum absolute atomic E-state index is 0.0215. The average molecular weight is 379 g/mol. The number of anilines is 2. The highest BCUT2D eigenvalue weighted by Crippen LogP contribution is 2.31. The Hall–Kier alpha value is -2.60. The quantitative estimate of drug-likeness (QED) is 0.690. The number of rotatable bonds is 3. The van der Waals surface area contributed by atoms with Crippen LogP contribution in [0.1, 0.15) is 22.3 Å². The van der Waals surface area contributed by atoms with E-state index in [1.165, 1.54) is 5.56 Å². The van der Waals surface area contributed by atoms with Gasteiger partial charge >= 0.3 is 0 Å². The first-order valence-electron chi connectivity index (χ1n) is 9.05. The van der Waals surface area contributed by atoms with Crippen LogP contribution >= 0.6 is 11.8 Å². The first-order valence-corrected chi connectivity index (χ1v) is 10.4. The maximum atomic E-state index is 13.3. The molecule has 4 rings (SSSR count). The molecule has 5 nitrogen and oxygen atoms in total. The molecule has 2 heterocycles. The maximum absolute atomic E-state index is 13.3. The van der Waals surface area contributed by atoms with Crippen molar-refractivity contribution in [2.75, 3.05) is 36.2 Å². The summed E-state index contributed by atoms with van der Waals surface area (Å²) in [5.74, 6) is 2.33. The highest BCUT2D eigenvalue weighted by atomic mass is 32.2. The Morgan fingerprint density at radius 3 is 2.33 bits per heavy atom. The summed E-state index contributed by atoms with van der Waals surface area (Å²) in [6, 6.07) is 15.7. The van der Waals surface area contributed by atoms with Crippen LogP contribution in [0.25, 0.3) is 11.0 Å². The van der Waals surface area contributed by atoms with Gasteiger partial charge in [-0.2, -0.15) is 11.8 Å². The Morgan fingerprint density at radius 1 is 1.00 bits per heavy atom. The van der Waals surface area contributed by atoms with Crippen molar-refractivity contribution in [2.24, 2.45) is 0 Å². The van der Waals surface area contributed by atoms with Gasteiger partial charge in [0.25, 0.3) is 5.91 Å². The molecule has 1 aromatic heterocycles. The van der Waals surface area contributed by atoms with Crippen LogP contribution in [0.3, 0.4) is 0 Å². The van der Waals surface area contributed by atoms with Crippen LogP contribution in [0, 0.1) is 0 Å². The Balaban J connectivity index is 1.75. The first kappa shape index (κ1) is 17.8. The molecule has 0 saturated carbocycles. The maximum Gasteiger partial charge on any atom is 0.259 e. The van der Waals surface area contributed by atoms with Crippen molar-refractivity contribution >= 4 is 40.3 Å². The predicted molar refractivity (Wildman–Crippen MR) is 113 cm³/mol. The molecule has 0 N–H and O–H groups in total. The van der Waals surface area contributed by atoms with Gasteiger partial charge in [-0.15, -0.1) is 0 Å². The smallest absolute Gasteiger partial charge is 0.259 e. The van der Waals surface area contributed by atoms with E-state index in [-0.39, 0.29) is 5.91 Å². The SMILES string of the molecule is CSCc1ccc(C(=O)N2CCCN(C)c3nc4ccccc4nc32)cc1. The van der Waals surface area contributed by atoms with Crippen LogP contribution in [0.2, 0.25) is 0 Å². The molecule has 1 aliphatic rings. The van der Waals surface area contributed by atoms with E-state index in [1.54, 1.807) is 16.7 Å². The molecule has 0 unspecified atom stereocenters. The van der Waals surface area contributed by atoms with Crippen molar-refractivity contribution in [3.05, 3.63) is 59.7 Å². The zero-order valence-corrected chi connectivity index (χ0v) is 16.4. The highest BCUT2D eigenvalue weighted by molar-refractivity contribution is 7.97. The number of carbonyl (C=O) groups is 1. The molecule has 3 aromatic rings. The van der Waals surface area contributed by atoms with Crippen LogP contribution in [-0.2, 0) is 5.75 Å². The summed E-state index contributed by atoms with van der Waals surface area (Å²) in [5, 5.41) is 0. The van der Waals surface area contributed by atoms with Gasteiger partial charge < -0.3 is 4.90 Å². The van der Waals surface area contributed by atoms with E-state index in [1.807, 2.05) is 55.6 Å². The van der Waals surface area contributed by atoms with Crippen LogP contribution in [0.5, 0.6) is 0 Å². The Labute approximate surface area is 163 Å². The van der Waals surface area contributed by atoms with Gasteiger partial charge in [0.2, 0.25) is 0 Å². The minimum Gasteiger partial charge on any atom is -0.357 e. The molecular weight excluding hydrogens is 356 g/mol. The molecule has 1 aliphatic heterocycles. The third-order valence-electron chi connectivity index (χ3n) is 4.78. The largest absolute Gasteiger partial charge is 0.357 e. The van der Waals surface area contributed by atoms with E-state index in [0.717, 1.165) is 35.6 Å². The molecule has 0 fully saturated rings. The number of para-hydroxylation sites is 2. The number of carbonyl (C=O) groups excluding carboxylic acids is 1. The third-order valence-corrected chi connectivity index (χ3v) is 5.41. The molecule has 0 aliphatic carbocycles. The van der Waals surface area contributed by atoms with Crippen molar-refractivity contribution < 1.29 is 4.79 Å². The van der Waals surface area contributed by atoms with Crippen molar-refractivity contribution in [3.63, 3.8) is 0 Å². The van der Waals surface area contributed by atoms with Crippen molar-refractivity contribution in [1.82, 2.24) is 9.97 Å². The lowest BCUT2D eigenvalue weighted by molar-refractivity contribution is 0.0986. The average Bonchev–Trinajstić information content (AvgIpc) is 2.85. The van der Waals surface area contributed by atoms with Crippen molar-refractivity contribution in [2.45, 2.75) is 12.2 Å². The Morgan fingerprint density at radius 2 is 1.67 bits per heavy atom. The van der Waals surface area contributed by atoms with E-state index in [4.69, 9.17) is 9.97 Å². The van der Waals surface area contributed by atoms with Gasteiger partial charge in [-0.3, -0.25) is 9.69 Å². The number of benzene rings is 2. The summed E-state index contributed by atoms with van der Waals surface area (Å²) < 4.78 is 0. The molecule has 0 bridgehead atoms. The number of nitrogens with zero attached hydrogens (tertiary/aromatic N) is 4. The van der Waals surface area contributed by atoms with Gasteiger partial charge in [-0.25, -0.2) is 9.97 Å². The summed E-state index contributed by atoms with van der Waals surface area (Å²) in [7, 11) is 2.01. The van der Waals surface area contributed by atoms with Crippen LogP contribution in [-0.4, -0.2) is 42.3 Å². The predicted octanol–water partition coefficient (Wildman–Crippen LogP) is 3.98. The molecule has 0 saturated heterocycles. The minimum atomic E-state index is -0.0215. The number of hydrogen-bond acceptors (Lipinski definition) is 5. The second kappa shape index (κ2) is 7.56. The molecule has 2 aromatic carbocycles. The first-order chi connectivity index (χ1) is 13.2. The topological polar surface area (TPSA) is 49.3 Å².